The zero-order chi connectivity index (χ0) is 26.2. The highest BCUT2D eigenvalue weighted by Crippen LogP contribution is 2.35. The van der Waals surface area contributed by atoms with E-state index in [1.54, 1.807) is 43.6 Å². The Morgan fingerprint density at radius 1 is 1.08 bits per heavy atom. The molecule has 3 N–H and O–H groups in total. The van der Waals surface area contributed by atoms with Crippen molar-refractivity contribution in [1.29, 1.82) is 0 Å². The largest absolute Gasteiger partial charge is 0.507 e. The topological polar surface area (TPSA) is 117 Å². The van der Waals surface area contributed by atoms with Crippen molar-refractivity contribution >= 4 is 22.6 Å². The van der Waals surface area contributed by atoms with Crippen LogP contribution in [0.15, 0.2) is 79.3 Å². The Hall–Kier alpha value is -5.18. The Morgan fingerprint density at radius 2 is 1.97 bits per heavy atom. The lowest BCUT2D eigenvalue weighted by Gasteiger charge is -2.09. The Labute approximate surface area is 217 Å². The number of carbonyl (C=O) groups excluding carboxylic acids is 1. The number of phenols is 1. The Balaban J connectivity index is 1.25. The number of H-pyrrole nitrogens is 1. The first kappa shape index (κ1) is 23.2. The first-order valence-corrected chi connectivity index (χ1v) is 12.0. The van der Waals surface area contributed by atoms with Gasteiger partial charge in [-0.25, -0.2) is 15.0 Å². The number of imidazole rings is 2. The summed E-state index contributed by atoms with van der Waals surface area (Å²) in [6.07, 6.45) is 5.52. The molecule has 0 aliphatic rings. The van der Waals surface area contributed by atoms with E-state index in [4.69, 9.17) is 4.74 Å². The maximum atomic E-state index is 12.9. The first-order chi connectivity index (χ1) is 18.5. The van der Waals surface area contributed by atoms with Gasteiger partial charge in [-0.3, -0.25) is 4.79 Å². The molecule has 4 aromatic heterocycles. The van der Waals surface area contributed by atoms with Crippen LogP contribution in [0.5, 0.6) is 11.6 Å². The van der Waals surface area contributed by atoms with Gasteiger partial charge in [-0.05, 0) is 72.6 Å². The summed E-state index contributed by atoms with van der Waals surface area (Å²) in [5, 5.41) is 13.5. The number of pyridine rings is 2. The van der Waals surface area contributed by atoms with Crippen molar-refractivity contribution in [2.45, 2.75) is 13.5 Å². The Kier molecular flexibility index (Phi) is 5.72. The van der Waals surface area contributed by atoms with Crippen molar-refractivity contribution in [3.05, 3.63) is 96.1 Å². The summed E-state index contributed by atoms with van der Waals surface area (Å²) in [6, 6.07) is 18.2. The number of amides is 1. The number of rotatable bonds is 6. The van der Waals surface area contributed by atoms with Crippen LogP contribution in [0.2, 0.25) is 0 Å². The summed E-state index contributed by atoms with van der Waals surface area (Å²) in [5.74, 6) is 0.837. The summed E-state index contributed by atoms with van der Waals surface area (Å²) in [5.41, 5.74) is 6.74. The van der Waals surface area contributed by atoms with E-state index >= 15 is 0 Å². The smallest absolute Gasteiger partial charge is 0.251 e. The number of ether oxygens (including phenoxy) is 1. The number of nitrogens with zero attached hydrogens (tertiary/aromatic N) is 4. The average molecular weight is 505 g/mol. The fraction of sp³-hybridized carbons (Fsp3) is 0.103. The number of benzene rings is 2. The molecule has 9 nitrogen and oxygen atoms in total. The van der Waals surface area contributed by atoms with Gasteiger partial charge in [0.1, 0.15) is 17.2 Å². The summed E-state index contributed by atoms with van der Waals surface area (Å²) in [6.45, 7) is 2.33. The molecule has 0 saturated carbocycles. The van der Waals surface area contributed by atoms with E-state index in [-0.39, 0.29) is 11.7 Å². The van der Waals surface area contributed by atoms with Gasteiger partial charge in [-0.1, -0.05) is 6.07 Å². The zero-order valence-corrected chi connectivity index (χ0v) is 20.8. The number of aromatic amines is 1. The van der Waals surface area contributed by atoms with Crippen LogP contribution in [0.1, 0.15) is 21.6 Å². The maximum absolute atomic E-state index is 12.9. The van der Waals surface area contributed by atoms with Gasteiger partial charge in [0.15, 0.2) is 0 Å². The van der Waals surface area contributed by atoms with Crippen LogP contribution in [0.25, 0.3) is 39.2 Å². The number of methoxy groups -OCH3 is 1. The fourth-order valence-electron chi connectivity index (χ4n) is 4.44. The monoisotopic (exact) mass is 504 g/mol. The number of aryl methyl sites for hydroxylation is 1. The minimum absolute atomic E-state index is 0.0799. The molecule has 4 heterocycles. The van der Waals surface area contributed by atoms with E-state index in [1.807, 2.05) is 54.0 Å². The van der Waals surface area contributed by atoms with Crippen LogP contribution in [0.4, 0.5) is 0 Å². The van der Waals surface area contributed by atoms with Gasteiger partial charge in [-0.2, -0.15) is 0 Å². The van der Waals surface area contributed by atoms with E-state index in [0.717, 1.165) is 28.0 Å². The van der Waals surface area contributed by atoms with Gasteiger partial charge >= 0.3 is 0 Å². The standard InChI is InChI=1S/C29H24N6O3/c1-17-9-11-35-16-20(32-26(35)12-17)15-31-28(37)19-5-7-23-24(14-19)34-27(33-23)22-13-18(6-8-25(22)36)21-4-3-10-30-29(21)38-2/h3-14,16,36H,15H2,1-2H3,(H,31,37)(H,33,34). The van der Waals surface area contributed by atoms with E-state index in [0.29, 0.717) is 40.4 Å². The second kappa shape index (κ2) is 9.36. The second-order valence-corrected chi connectivity index (χ2v) is 8.99. The molecule has 0 aliphatic carbocycles. The van der Waals surface area contributed by atoms with Crippen LogP contribution < -0.4 is 10.1 Å². The molecule has 6 rings (SSSR count). The molecule has 0 saturated heterocycles. The SMILES string of the molecule is COc1ncccc1-c1ccc(O)c(-c2nc3ccc(C(=O)NCc4cn5ccc(C)cc5n4)cc3[nH]2)c1. The highest BCUT2D eigenvalue weighted by molar-refractivity contribution is 5.97. The molecule has 0 spiro atoms. The van der Waals surface area contributed by atoms with Crippen molar-refractivity contribution in [2.24, 2.45) is 0 Å². The molecule has 0 radical (unpaired) electrons. The van der Waals surface area contributed by atoms with E-state index in [2.05, 4.69) is 25.3 Å². The molecule has 2 aromatic carbocycles. The number of aromatic nitrogens is 5. The number of fused-ring (bicyclic) bond motifs is 2. The van der Waals surface area contributed by atoms with Crippen LogP contribution in [-0.2, 0) is 6.54 Å². The van der Waals surface area contributed by atoms with Crippen molar-refractivity contribution in [3.63, 3.8) is 0 Å². The zero-order valence-electron chi connectivity index (χ0n) is 20.8. The third-order valence-electron chi connectivity index (χ3n) is 6.37. The summed E-state index contributed by atoms with van der Waals surface area (Å²) >= 11 is 0. The van der Waals surface area contributed by atoms with Crippen LogP contribution in [0.3, 0.4) is 0 Å². The van der Waals surface area contributed by atoms with Crippen LogP contribution >= 0.6 is 0 Å². The molecule has 9 heteroatoms. The summed E-state index contributed by atoms with van der Waals surface area (Å²) in [7, 11) is 1.57. The molecule has 6 aromatic rings. The van der Waals surface area contributed by atoms with Gasteiger partial charge in [0.05, 0.1) is 35.9 Å². The third kappa shape index (κ3) is 4.30. The highest BCUT2D eigenvalue weighted by Gasteiger charge is 2.15. The molecular weight excluding hydrogens is 480 g/mol. The molecule has 0 aliphatic heterocycles. The quantitative estimate of drug-likeness (QED) is 0.297. The van der Waals surface area contributed by atoms with Gasteiger partial charge in [0.2, 0.25) is 5.88 Å². The summed E-state index contributed by atoms with van der Waals surface area (Å²) in [4.78, 5) is 29.6. The molecule has 0 bridgehead atoms. The number of phenolic OH excluding ortho intramolecular Hbond substituents is 1. The number of aromatic hydroxyl groups is 1. The molecule has 0 atom stereocenters. The molecule has 0 fully saturated rings. The maximum Gasteiger partial charge on any atom is 0.251 e. The molecule has 38 heavy (non-hydrogen) atoms. The third-order valence-corrected chi connectivity index (χ3v) is 6.37. The molecule has 0 unspecified atom stereocenters. The number of nitrogens with one attached hydrogen (secondary N) is 2. The normalized spacial score (nSPS) is 11.2. The Morgan fingerprint density at radius 3 is 2.84 bits per heavy atom. The van der Waals surface area contributed by atoms with Crippen molar-refractivity contribution in [2.75, 3.05) is 7.11 Å². The lowest BCUT2D eigenvalue weighted by Crippen LogP contribution is -2.22. The molecule has 1 amide bonds. The number of hydrogen-bond donors (Lipinski definition) is 3. The Bertz CT molecular complexity index is 1820. The van der Waals surface area contributed by atoms with E-state index in [1.165, 1.54) is 0 Å². The van der Waals surface area contributed by atoms with Gasteiger partial charge in [-0.15, -0.1) is 0 Å². The summed E-state index contributed by atoms with van der Waals surface area (Å²) < 4.78 is 7.32. The van der Waals surface area contributed by atoms with Gasteiger partial charge in [0, 0.05) is 29.7 Å². The van der Waals surface area contributed by atoms with Crippen molar-refractivity contribution in [1.82, 2.24) is 29.7 Å². The van der Waals surface area contributed by atoms with Crippen molar-refractivity contribution < 1.29 is 14.6 Å². The highest BCUT2D eigenvalue weighted by atomic mass is 16.5. The van der Waals surface area contributed by atoms with Crippen molar-refractivity contribution in [3.8, 4) is 34.1 Å². The molecule has 188 valence electrons. The van der Waals surface area contributed by atoms with E-state index < -0.39 is 0 Å². The second-order valence-electron chi connectivity index (χ2n) is 8.99. The predicted molar refractivity (Wildman–Crippen MR) is 144 cm³/mol. The van der Waals surface area contributed by atoms with Crippen LogP contribution in [-0.4, -0.2) is 42.5 Å². The lowest BCUT2D eigenvalue weighted by molar-refractivity contribution is 0.0950. The van der Waals surface area contributed by atoms with Crippen LogP contribution in [0, 0.1) is 6.92 Å². The molecular formula is C29H24N6O3. The fourth-order valence-corrected chi connectivity index (χ4v) is 4.44. The first-order valence-electron chi connectivity index (χ1n) is 12.0. The predicted octanol–water partition coefficient (Wildman–Crippen LogP) is 4.89. The average Bonchev–Trinajstić information content (AvgIpc) is 3.55. The van der Waals surface area contributed by atoms with E-state index in [9.17, 15) is 9.90 Å². The minimum atomic E-state index is -0.218. The number of hydrogen-bond acceptors (Lipinski definition) is 6. The minimum Gasteiger partial charge on any atom is -0.507 e. The van der Waals surface area contributed by atoms with Gasteiger partial charge in [0.25, 0.3) is 5.91 Å². The lowest BCUT2D eigenvalue weighted by atomic mass is 10.0. The number of carbonyl (C=O) groups is 1. The van der Waals surface area contributed by atoms with Gasteiger partial charge < -0.3 is 24.5 Å².